The fraction of sp³-hybridized carbons (Fsp3) is 0.333. The molecular weight excluding hydrogens is 262 g/mol. The Morgan fingerprint density at radius 2 is 1.76 bits per heavy atom. The van der Waals surface area contributed by atoms with Crippen molar-refractivity contribution in [2.45, 2.75) is 33.9 Å². The van der Waals surface area contributed by atoms with E-state index in [0.29, 0.717) is 13.2 Å². The lowest BCUT2D eigenvalue weighted by atomic mass is 10.1. The van der Waals surface area contributed by atoms with Gasteiger partial charge in [0.2, 0.25) is 0 Å². The Labute approximate surface area is 126 Å². The van der Waals surface area contributed by atoms with Crippen LogP contribution in [0.15, 0.2) is 30.3 Å². The van der Waals surface area contributed by atoms with Crippen LogP contribution in [0.1, 0.15) is 27.8 Å². The second-order valence-corrected chi connectivity index (χ2v) is 5.34. The second kappa shape index (κ2) is 6.64. The summed E-state index contributed by atoms with van der Waals surface area (Å²) in [6.07, 6.45) is 0. The van der Waals surface area contributed by atoms with Crippen molar-refractivity contribution in [2.75, 3.05) is 7.11 Å². The van der Waals surface area contributed by atoms with E-state index in [1.807, 2.05) is 18.2 Å². The molecule has 3 heteroatoms. The largest absolute Gasteiger partial charge is 0.496 e. The topological polar surface area (TPSA) is 44.5 Å². The molecule has 0 atom stereocenters. The van der Waals surface area contributed by atoms with Gasteiger partial charge in [0.15, 0.2) is 0 Å². The van der Waals surface area contributed by atoms with Crippen molar-refractivity contribution in [3.8, 4) is 11.5 Å². The highest BCUT2D eigenvalue weighted by atomic mass is 16.5. The average molecular weight is 285 g/mol. The van der Waals surface area contributed by atoms with Gasteiger partial charge in [-0.25, -0.2) is 0 Å². The Morgan fingerprint density at radius 1 is 1.00 bits per heavy atom. The average Bonchev–Trinajstić information content (AvgIpc) is 2.49. The zero-order valence-electron chi connectivity index (χ0n) is 13.2. The van der Waals surface area contributed by atoms with E-state index in [1.54, 1.807) is 7.11 Å². The van der Waals surface area contributed by atoms with E-state index in [1.165, 1.54) is 16.7 Å². The van der Waals surface area contributed by atoms with Crippen molar-refractivity contribution in [3.05, 3.63) is 58.1 Å². The molecular formula is C18H23NO2. The number of rotatable bonds is 5. The van der Waals surface area contributed by atoms with Crippen LogP contribution in [-0.2, 0) is 13.2 Å². The zero-order valence-corrected chi connectivity index (χ0v) is 13.2. The van der Waals surface area contributed by atoms with Gasteiger partial charge >= 0.3 is 0 Å². The predicted octanol–water partition coefficient (Wildman–Crippen LogP) is 3.66. The van der Waals surface area contributed by atoms with Gasteiger partial charge in [-0.3, -0.25) is 0 Å². The molecule has 0 amide bonds. The van der Waals surface area contributed by atoms with Crippen LogP contribution < -0.4 is 15.2 Å². The molecule has 0 fully saturated rings. The van der Waals surface area contributed by atoms with E-state index >= 15 is 0 Å². The number of aryl methyl sites for hydroxylation is 2. The van der Waals surface area contributed by atoms with E-state index in [9.17, 15) is 0 Å². The lowest BCUT2D eigenvalue weighted by Crippen LogP contribution is -2.03. The van der Waals surface area contributed by atoms with Gasteiger partial charge in [0.25, 0.3) is 0 Å². The van der Waals surface area contributed by atoms with Crippen LogP contribution in [0.5, 0.6) is 11.5 Å². The van der Waals surface area contributed by atoms with E-state index in [2.05, 4.69) is 32.9 Å². The highest BCUT2D eigenvalue weighted by Gasteiger charge is 2.06. The monoisotopic (exact) mass is 285 g/mol. The van der Waals surface area contributed by atoms with Crippen LogP contribution in [0.3, 0.4) is 0 Å². The molecule has 112 valence electrons. The van der Waals surface area contributed by atoms with Crippen LogP contribution in [0, 0.1) is 20.8 Å². The summed E-state index contributed by atoms with van der Waals surface area (Å²) in [7, 11) is 1.66. The molecule has 0 aromatic heterocycles. The molecule has 2 aromatic rings. The first kappa shape index (κ1) is 15.4. The summed E-state index contributed by atoms with van der Waals surface area (Å²) < 4.78 is 11.3. The third-order valence-corrected chi connectivity index (χ3v) is 3.73. The number of ether oxygens (including phenoxy) is 2. The number of benzene rings is 2. The Balaban J connectivity index is 2.17. The number of hydrogen-bond acceptors (Lipinski definition) is 3. The lowest BCUT2D eigenvalue weighted by Gasteiger charge is -2.14. The molecule has 0 aliphatic heterocycles. The van der Waals surface area contributed by atoms with Crippen LogP contribution in [-0.4, -0.2) is 7.11 Å². The molecule has 2 N–H and O–H groups in total. The van der Waals surface area contributed by atoms with Gasteiger partial charge in [0, 0.05) is 12.1 Å². The smallest absolute Gasteiger partial charge is 0.123 e. The van der Waals surface area contributed by atoms with Crippen molar-refractivity contribution >= 4 is 0 Å². The van der Waals surface area contributed by atoms with Crippen molar-refractivity contribution in [1.82, 2.24) is 0 Å². The van der Waals surface area contributed by atoms with E-state index in [4.69, 9.17) is 15.2 Å². The van der Waals surface area contributed by atoms with E-state index < -0.39 is 0 Å². The normalized spacial score (nSPS) is 10.5. The van der Waals surface area contributed by atoms with Crippen molar-refractivity contribution < 1.29 is 9.47 Å². The van der Waals surface area contributed by atoms with Crippen LogP contribution in [0.25, 0.3) is 0 Å². The Hall–Kier alpha value is -2.00. The lowest BCUT2D eigenvalue weighted by molar-refractivity contribution is 0.302. The van der Waals surface area contributed by atoms with E-state index in [0.717, 1.165) is 22.6 Å². The SMILES string of the molecule is COc1cc(COc2cc(C)cc(C)c2C)ccc1CN. The maximum absolute atomic E-state index is 5.97. The van der Waals surface area contributed by atoms with Crippen LogP contribution in [0.4, 0.5) is 0 Å². The molecule has 0 aliphatic rings. The van der Waals surface area contributed by atoms with Gasteiger partial charge < -0.3 is 15.2 Å². The van der Waals surface area contributed by atoms with Gasteiger partial charge in [0.1, 0.15) is 18.1 Å². The van der Waals surface area contributed by atoms with Crippen LogP contribution in [0.2, 0.25) is 0 Å². The molecule has 0 saturated heterocycles. The maximum Gasteiger partial charge on any atom is 0.123 e. The van der Waals surface area contributed by atoms with Crippen molar-refractivity contribution in [3.63, 3.8) is 0 Å². The van der Waals surface area contributed by atoms with Gasteiger partial charge in [-0.1, -0.05) is 18.2 Å². The third-order valence-electron chi connectivity index (χ3n) is 3.73. The Bertz CT molecular complexity index is 635. The number of nitrogens with two attached hydrogens (primary N) is 1. The maximum atomic E-state index is 5.97. The summed E-state index contributed by atoms with van der Waals surface area (Å²) in [5.41, 5.74) is 11.4. The summed E-state index contributed by atoms with van der Waals surface area (Å²) in [6, 6.07) is 10.3. The molecule has 0 aliphatic carbocycles. The molecule has 0 spiro atoms. The molecule has 3 nitrogen and oxygen atoms in total. The third kappa shape index (κ3) is 3.56. The number of hydrogen-bond donors (Lipinski definition) is 1. The van der Waals surface area contributed by atoms with Gasteiger partial charge in [-0.2, -0.15) is 0 Å². The van der Waals surface area contributed by atoms with Crippen LogP contribution >= 0.6 is 0 Å². The molecule has 2 rings (SSSR count). The van der Waals surface area contributed by atoms with Crippen molar-refractivity contribution in [2.24, 2.45) is 5.73 Å². The molecule has 0 heterocycles. The fourth-order valence-electron chi connectivity index (χ4n) is 2.36. The zero-order chi connectivity index (χ0) is 15.4. The standard InChI is InChI=1S/C18H23NO2/c1-12-7-13(2)14(3)17(8-12)21-11-15-5-6-16(10-19)18(9-15)20-4/h5-9H,10-11,19H2,1-4H3. The summed E-state index contributed by atoms with van der Waals surface area (Å²) >= 11 is 0. The minimum atomic E-state index is 0.473. The molecule has 0 radical (unpaired) electrons. The first-order valence-corrected chi connectivity index (χ1v) is 7.11. The minimum absolute atomic E-state index is 0.473. The van der Waals surface area contributed by atoms with E-state index in [-0.39, 0.29) is 0 Å². The van der Waals surface area contributed by atoms with Gasteiger partial charge in [-0.05, 0) is 55.2 Å². The summed E-state index contributed by atoms with van der Waals surface area (Å²) in [6.45, 7) is 7.26. The Morgan fingerprint density at radius 3 is 2.43 bits per heavy atom. The van der Waals surface area contributed by atoms with Gasteiger partial charge in [-0.15, -0.1) is 0 Å². The highest BCUT2D eigenvalue weighted by molar-refractivity contribution is 5.42. The quantitative estimate of drug-likeness (QED) is 0.912. The molecule has 2 aromatic carbocycles. The van der Waals surface area contributed by atoms with Gasteiger partial charge in [0.05, 0.1) is 7.11 Å². The molecule has 21 heavy (non-hydrogen) atoms. The molecule has 0 unspecified atom stereocenters. The summed E-state index contributed by atoms with van der Waals surface area (Å²) in [5.74, 6) is 1.75. The molecule has 0 bridgehead atoms. The first-order chi connectivity index (χ1) is 10.0. The predicted molar refractivity (Wildman–Crippen MR) is 85.9 cm³/mol. The Kier molecular flexibility index (Phi) is 4.86. The summed E-state index contributed by atoms with van der Waals surface area (Å²) in [5, 5.41) is 0. The number of methoxy groups -OCH3 is 1. The first-order valence-electron chi connectivity index (χ1n) is 7.11. The molecule has 0 saturated carbocycles. The minimum Gasteiger partial charge on any atom is -0.496 e. The van der Waals surface area contributed by atoms with Crippen molar-refractivity contribution in [1.29, 1.82) is 0 Å². The highest BCUT2D eigenvalue weighted by Crippen LogP contribution is 2.25. The summed E-state index contributed by atoms with van der Waals surface area (Å²) in [4.78, 5) is 0. The fourth-order valence-corrected chi connectivity index (χ4v) is 2.36. The second-order valence-electron chi connectivity index (χ2n) is 5.34.